The third-order valence-electron chi connectivity index (χ3n) is 4.45. The van der Waals surface area contributed by atoms with Crippen LogP contribution in [0, 0.1) is 0 Å². The van der Waals surface area contributed by atoms with E-state index < -0.39 is 0 Å². The molecule has 0 atom stereocenters. The van der Waals surface area contributed by atoms with E-state index in [0.717, 1.165) is 34.2 Å². The molecule has 0 bridgehead atoms. The van der Waals surface area contributed by atoms with Gasteiger partial charge in [0.2, 0.25) is 0 Å². The Kier molecular flexibility index (Phi) is 4.20. The Labute approximate surface area is 156 Å². The van der Waals surface area contributed by atoms with Gasteiger partial charge in [0.25, 0.3) is 0 Å². The minimum atomic E-state index is 0.0339. The van der Waals surface area contributed by atoms with Crippen LogP contribution in [0.4, 0.5) is 0 Å². The van der Waals surface area contributed by atoms with Crippen molar-refractivity contribution < 1.29 is 4.79 Å². The van der Waals surface area contributed by atoms with Gasteiger partial charge in [0, 0.05) is 11.1 Å². The van der Waals surface area contributed by atoms with Crippen molar-refractivity contribution in [1.82, 2.24) is 0 Å². The first kappa shape index (κ1) is 16.1. The van der Waals surface area contributed by atoms with Crippen molar-refractivity contribution in [3.8, 4) is 0 Å². The Morgan fingerprint density at radius 3 is 2.12 bits per heavy atom. The summed E-state index contributed by atoms with van der Waals surface area (Å²) in [6.45, 7) is 0. The lowest BCUT2D eigenvalue weighted by molar-refractivity contribution is 0.105. The fourth-order valence-electron chi connectivity index (χ4n) is 3.22. The maximum Gasteiger partial charge on any atom is 0.193 e. The molecule has 122 valence electrons. The van der Waals surface area contributed by atoms with Crippen LogP contribution in [0.3, 0.4) is 0 Å². The van der Waals surface area contributed by atoms with Crippen LogP contribution in [0.25, 0.3) is 11.6 Å². The van der Waals surface area contributed by atoms with E-state index in [2.05, 4.69) is 6.07 Å². The van der Waals surface area contributed by atoms with Crippen LogP contribution in [-0.4, -0.2) is 5.78 Å². The first-order valence-corrected chi connectivity index (χ1v) is 8.77. The van der Waals surface area contributed by atoms with Crippen LogP contribution in [0.2, 0.25) is 10.0 Å². The first-order valence-electron chi connectivity index (χ1n) is 8.01. The molecule has 0 N–H and O–H groups in total. The topological polar surface area (TPSA) is 17.1 Å². The number of allylic oxidation sites excluding steroid dienone is 1. The third-order valence-corrected chi connectivity index (χ3v) is 5.19. The molecule has 25 heavy (non-hydrogen) atoms. The molecule has 0 heterocycles. The van der Waals surface area contributed by atoms with Gasteiger partial charge in [-0.3, -0.25) is 4.79 Å². The van der Waals surface area contributed by atoms with Gasteiger partial charge in [0.05, 0.1) is 10.0 Å². The average Bonchev–Trinajstić information content (AvgIpc) is 2.74. The maximum atomic E-state index is 13.2. The zero-order valence-electron chi connectivity index (χ0n) is 13.3. The van der Waals surface area contributed by atoms with Crippen LogP contribution in [0.5, 0.6) is 0 Å². The summed E-state index contributed by atoms with van der Waals surface area (Å²) >= 11 is 12.1. The first-order chi connectivity index (χ1) is 12.1. The van der Waals surface area contributed by atoms with Gasteiger partial charge in [-0.1, -0.05) is 77.8 Å². The van der Waals surface area contributed by atoms with Crippen LogP contribution < -0.4 is 0 Å². The highest BCUT2D eigenvalue weighted by molar-refractivity contribution is 6.42. The van der Waals surface area contributed by atoms with E-state index in [-0.39, 0.29) is 5.78 Å². The lowest BCUT2D eigenvalue weighted by Crippen LogP contribution is -2.03. The summed E-state index contributed by atoms with van der Waals surface area (Å²) in [4.78, 5) is 13.2. The van der Waals surface area contributed by atoms with Crippen molar-refractivity contribution in [2.24, 2.45) is 0 Å². The van der Waals surface area contributed by atoms with Crippen molar-refractivity contribution in [2.75, 3.05) is 0 Å². The summed E-state index contributed by atoms with van der Waals surface area (Å²) in [7, 11) is 0. The molecule has 0 radical (unpaired) electrons. The molecular weight excluding hydrogens is 351 g/mol. The molecule has 1 nitrogen and oxygen atoms in total. The van der Waals surface area contributed by atoms with E-state index in [0.29, 0.717) is 15.6 Å². The minimum Gasteiger partial charge on any atom is -0.289 e. The average molecular weight is 365 g/mol. The van der Waals surface area contributed by atoms with E-state index >= 15 is 0 Å². The summed E-state index contributed by atoms with van der Waals surface area (Å²) in [5.74, 6) is 0.0339. The largest absolute Gasteiger partial charge is 0.289 e. The molecule has 3 heteroatoms. The number of benzene rings is 3. The molecule has 0 saturated carbocycles. The Bertz CT molecular complexity index is 1020. The van der Waals surface area contributed by atoms with Crippen molar-refractivity contribution in [1.29, 1.82) is 0 Å². The molecule has 1 aliphatic carbocycles. The third kappa shape index (κ3) is 3.02. The second-order valence-corrected chi connectivity index (χ2v) is 6.87. The summed E-state index contributed by atoms with van der Waals surface area (Å²) in [5, 5.41) is 0.979. The number of hydrogen-bond donors (Lipinski definition) is 0. The van der Waals surface area contributed by atoms with Gasteiger partial charge in [0.1, 0.15) is 0 Å². The standard InChI is InChI=1S/C22H14Cl2O/c23-20-10-9-14(12-21(20)24)11-19-17-7-3-1-5-15(17)13-16-6-2-4-8-18(16)22(19)25/h1-12H,13H2/b19-11-. The second kappa shape index (κ2) is 6.51. The number of hydrogen-bond acceptors (Lipinski definition) is 1. The van der Waals surface area contributed by atoms with E-state index in [4.69, 9.17) is 23.2 Å². The molecule has 0 aromatic heterocycles. The Morgan fingerprint density at radius 2 is 1.40 bits per heavy atom. The maximum absolute atomic E-state index is 13.2. The summed E-state index contributed by atoms with van der Waals surface area (Å²) in [6.07, 6.45) is 2.64. The quantitative estimate of drug-likeness (QED) is 0.461. The van der Waals surface area contributed by atoms with Crippen LogP contribution in [0.15, 0.2) is 66.7 Å². The highest BCUT2D eigenvalue weighted by atomic mass is 35.5. The number of ketones is 1. The van der Waals surface area contributed by atoms with Gasteiger partial charge < -0.3 is 0 Å². The van der Waals surface area contributed by atoms with E-state index in [1.54, 1.807) is 12.1 Å². The summed E-state index contributed by atoms with van der Waals surface area (Å²) < 4.78 is 0. The highest BCUT2D eigenvalue weighted by Crippen LogP contribution is 2.33. The van der Waals surface area contributed by atoms with Crippen molar-refractivity contribution >= 4 is 40.6 Å². The van der Waals surface area contributed by atoms with Gasteiger partial charge in [0.15, 0.2) is 5.78 Å². The monoisotopic (exact) mass is 364 g/mol. The molecule has 4 rings (SSSR count). The van der Waals surface area contributed by atoms with Crippen LogP contribution >= 0.6 is 23.2 Å². The molecule has 0 aliphatic heterocycles. The van der Waals surface area contributed by atoms with E-state index in [1.165, 1.54) is 0 Å². The predicted octanol–water partition coefficient (Wildman–Crippen LogP) is 6.32. The molecule has 0 fully saturated rings. The second-order valence-electron chi connectivity index (χ2n) is 6.05. The number of fused-ring (bicyclic) bond motifs is 2. The number of rotatable bonds is 1. The number of carbonyl (C=O) groups is 1. The van der Waals surface area contributed by atoms with Crippen molar-refractivity contribution in [3.63, 3.8) is 0 Å². The van der Waals surface area contributed by atoms with Crippen molar-refractivity contribution in [3.05, 3.63) is 105 Å². The highest BCUT2D eigenvalue weighted by Gasteiger charge is 2.23. The molecule has 3 aromatic carbocycles. The molecule has 0 unspecified atom stereocenters. The van der Waals surface area contributed by atoms with Gasteiger partial charge in [-0.15, -0.1) is 0 Å². The van der Waals surface area contributed by atoms with Gasteiger partial charge in [-0.25, -0.2) is 0 Å². The van der Waals surface area contributed by atoms with E-state index in [1.807, 2.05) is 54.6 Å². The molecule has 0 saturated heterocycles. The van der Waals surface area contributed by atoms with Gasteiger partial charge >= 0.3 is 0 Å². The zero-order chi connectivity index (χ0) is 17.4. The Hall–Kier alpha value is -2.35. The molecule has 0 amide bonds. The number of Topliss-reactive ketones (excluding diaryl/α,β-unsaturated/α-hetero) is 1. The smallest absolute Gasteiger partial charge is 0.193 e. The van der Waals surface area contributed by atoms with Gasteiger partial charge in [-0.2, -0.15) is 0 Å². The molecule has 0 spiro atoms. The molecular formula is C22H14Cl2O. The predicted molar refractivity (Wildman–Crippen MR) is 104 cm³/mol. The SMILES string of the molecule is O=C1/C(=C\c2ccc(Cl)c(Cl)c2)c2ccccc2Cc2ccccc21. The lowest BCUT2D eigenvalue weighted by Gasteiger charge is -2.09. The minimum absolute atomic E-state index is 0.0339. The van der Waals surface area contributed by atoms with Gasteiger partial charge in [-0.05, 0) is 46.9 Å². The lowest BCUT2D eigenvalue weighted by atomic mass is 9.94. The fourth-order valence-corrected chi connectivity index (χ4v) is 3.52. The zero-order valence-corrected chi connectivity index (χ0v) is 14.8. The molecule has 1 aliphatic rings. The fraction of sp³-hybridized carbons (Fsp3) is 0.0455. The van der Waals surface area contributed by atoms with Crippen LogP contribution in [0.1, 0.15) is 32.6 Å². The summed E-state index contributed by atoms with van der Waals surface area (Å²) in [6, 6.07) is 21.2. The number of carbonyl (C=O) groups excluding carboxylic acids is 1. The normalized spacial score (nSPS) is 14.8. The molecule has 3 aromatic rings. The Balaban J connectivity index is 1.94. The van der Waals surface area contributed by atoms with Crippen molar-refractivity contribution in [2.45, 2.75) is 6.42 Å². The van der Waals surface area contributed by atoms with E-state index in [9.17, 15) is 4.79 Å². The van der Waals surface area contributed by atoms with Crippen LogP contribution in [-0.2, 0) is 6.42 Å². The Morgan fingerprint density at radius 1 is 0.760 bits per heavy atom. The summed E-state index contributed by atoms with van der Waals surface area (Å²) in [5.41, 5.74) is 5.45. The number of halogens is 2.